The predicted octanol–water partition coefficient (Wildman–Crippen LogP) is 3.21. The Balaban J connectivity index is 3.30. The fourth-order valence-electron chi connectivity index (χ4n) is 3.35. The van der Waals surface area contributed by atoms with E-state index in [1.54, 1.807) is 0 Å². The molecule has 0 heterocycles. The zero-order chi connectivity index (χ0) is 18.2. The molecule has 1 amide bonds. The van der Waals surface area contributed by atoms with Crippen molar-refractivity contribution in [1.29, 1.82) is 0 Å². The smallest absolute Gasteiger partial charge is 0.264 e. The van der Waals surface area contributed by atoms with Crippen LogP contribution in [0.1, 0.15) is 57.4 Å². The quantitative estimate of drug-likeness (QED) is 0.618. The van der Waals surface area contributed by atoms with Crippen LogP contribution in [0, 0.1) is 5.92 Å². The molecule has 0 spiro atoms. The third kappa shape index (κ3) is 7.01. The third-order valence-electron chi connectivity index (χ3n) is 4.11. The van der Waals surface area contributed by atoms with Crippen molar-refractivity contribution < 1.29 is 17.4 Å². The van der Waals surface area contributed by atoms with Crippen LogP contribution < -0.4 is 5.73 Å². The number of carbonyl (C=O) groups is 1. The van der Waals surface area contributed by atoms with Crippen molar-refractivity contribution >= 4 is 16.0 Å². The molecule has 0 bridgehead atoms. The molecule has 6 heteroatoms. The number of primary amides is 1. The summed E-state index contributed by atoms with van der Waals surface area (Å²) >= 11 is 0. The number of carbonyl (C=O) groups excluding carboxylic acids is 1. The van der Waals surface area contributed by atoms with Gasteiger partial charge in [-0.1, -0.05) is 69.9 Å². The van der Waals surface area contributed by atoms with E-state index in [1.807, 2.05) is 30.3 Å². The molecule has 2 unspecified atom stereocenters. The van der Waals surface area contributed by atoms with Crippen LogP contribution in [0.3, 0.4) is 0 Å². The van der Waals surface area contributed by atoms with Crippen molar-refractivity contribution in [2.75, 3.05) is 6.26 Å². The maximum atomic E-state index is 11.7. The maximum Gasteiger partial charge on any atom is 0.264 e. The standard InChI is InChI=1S/C18H29NO4S/c1-4-9-14(10-5-2)18(15-11-7-6-8-12-15)16(13-17(19)20)23-24(3,21)22/h6-8,11-12,14,16,18H,4-5,9-10,13H2,1-3H3,(H2,19,20). The van der Waals surface area contributed by atoms with Gasteiger partial charge in [0.1, 0.15) is 0 Å². The minimum atomic E-state index is -3.69. The predicted molar refractivity (Wildman–Crippen MR) is 96.0 cm³/mol. The van der Waals surface area contributed by atoms with Gasteiger partial charge in [0.25, 0.3) is 10.1 Å². The average Bonchev–Trinajstić information content (AvgIpc) is 2.46. The largest absolute Gasteiger partial charge is 0.370 e. The van der Waals surface area contributed by atoms with Crippen molar-refractivity contribution in [2.24, 2.45) is 11.7 Å². The van der Waals surface area contributed by atoms with E-state index in [2.05, 4.69) is 13.8 Å². The van der Waals surface area contributed by atoms with Crippen LogP contribution in [-0.2, 0) is 19.1 Å². The van der Waals surface area contributed by atoms with E-state index in [-0.39, 0.29) is 18.3 Å². The first kappa shape index (κ1) is 20.6. The first-order valence-corrected chi connectivity index (χ1v) is 10.3. The summed E-state index contributed by atoms with van der Waals surface area (Å²) in [5.74, 6) is -0.516. The summed E-state index contributed by atoms with van der Waals surface area (Å²) in [7, 11) is -3.69. The van der Waals surface area contributed by atoms with Gasteiger partial charge in [-0.3, -0.25) is 8.98 Å². The normalized spacial score (nSPS) is 14.5. The Hall–Kier alpha value is -1.40. The van der Waals surface area contributed by atoms with Gasteiger partial charge < -0.3 is 5.73 Å². The van der Waals surface area contributed by atoms with Crippen LogP contribution in [0.2, 0.25) is 0 Å². The molecule has 0 saturated heterocycles. The van der Waals surface area contributed by atoms with E-state index in [1.165, 1.54) is 0 Å². The van der Waals surface area contributed by atoms with Crippen LogP contribution in [0.25, 0.3) is 0 Å². The first-order valence-electron chi connectivity index (χ1n) is 8.50. The fourth-order valence-corrected chi connectivity index (χ4v) is 3.99. The van der Waals surface area contributed by atoms with Crippen molar-refractivity contribution in [3.05, 3.63) is 35.9 Å². The Morgan fingerprint density at radius 1 is 1.12 bits per heavy atom. The molecule has 2 N–H and O–H groups in total. The SMILES string of the molecule is CCCC(CCC)C(c1ccccc1)C(CC(N)=O)OS(C)(=O)=O. The summed E-state index contributed by atoms with van der Waals surface area (Å²) in [5, 5.41) is 0. The summed E-state index contributed by atoms with van der Waals surface area (Å²) in [4.78, 5) is 11.5. The molecular weight excluding hydrogens is 326 g/mol. The van der Waals surface area contributed by atoms with Gasteiger partial charge in [0.2, 0.25) is 5.91 Å². The highest BCUT2D eigenvalue weighted by atomic mass is 32.2. The van der Waals surface area contributed by atoms with Crippen LogP contribution in [0.15, 0.2) is 30.3 Å². The van der Waals surface area contributed by atoms with Crippen molar-refractivity contribution in [3.8, 4) is 0 Å². The summed E-state index contributed by atoms with van der Waals surface area (Å²) < 4.78 is 28.8. The van der Waals surface area contributed by atoms with Gasteiger partial charge in [-0.05, 0) is 11.5 Å². The second-order valence-corrected chi connectivity index (χ2v) is 7.88. The van der Waals surface area contributed by atoms with Gasteiger partial charge in [0.05, 0.1) is 18.8 Å². The van der Waals surface area contributed by atoms with Crippen LogP contribution in [0.5, 0.6) is 0 Å². The fraction of sp³-hybridized carbons (Fsp3) is 0.611. The molecule has 2 atom stereocenters. The molecule has 136 valence electrons. The topological polar surface area (TPSA) is 86.5 Å². The summed E-state index contributed by atoms with van der Waals surface area (Å²) in [6.45, 7) is 4.20. The molecule has 0 aliphatic heterocycles. The highest BCUT2D eigenvalue weighted by Gasteiger charge is 2.34. The lowest BCUT2D eigenvalue weighted by Crippen LogP contribution is -2.34. The van der Waals surface area contributed by atoms with Gasteiger partial charge in [-0.15, -0.1) is 0 Å². The summed E-state index contributed by atoms with van der Waals surface area (Å²) in [6, 6.07) is 9.67. The number of hydrogen-bond donors (Lipinski definition) is 1. The Morgan fingerprint density at radius 3 is 2.08 bits per heavy atom. The van der Waals surface area contributed by atoms with Gasteiger partial charge in [-0.2, -0.15) is 8.42 Å². The van der Waals surface area contributed by atoms with Crippen molar-refractivity contribution in [3.63, 3.8) is 0 Å². The van der Waals surface area contributed by atoms with E-state index in [0.717, 1.165) is 37.5 Å². The van der Waals surface area contributed by atoms with E-state index >= 15 is 0 Å². The zero-order valence-corrected chi connectivity index (χ0v) is 15.6. The monoisotopic (exact) mass is 355 g/mol. The molecule has 0 saturated carbocycles. The van der Waals surface area contributed by atoms with Gasteiger partial charge in [-0.25, -0.2) is 0 Å². The van der Waals surface area contributed by atoms with Crippen LogP contribution >= 0.6 is 0 Å². The summed E-state index contributed by atoms with van der Waals surface area (Å²) in [5.41, 5.74) is 6.35. The Bertz CT molecular complexity index is 595. The Kier molecular flexibility index (Phi) is 8.42. The molecule has 1 aromatic carbocycles. The van der Waals surface area contributed by atoms with Crippen molar-refractivity contribution in [1.82, 2.24) is 0 Å². The molecule has 1 aromatic rings. The molecule has 0 aliphatic rings. The molecule has 5 nitrogen and oxygen atoms in total. The van der Waals surface area contributed by atoms with E-state index in [0.29, 0.717) is 0 Å². The molecule has 0 aliphatic carbocycles. The van der Waals surface area contributed by atoms with Crippen LogP contribution in [0.4, 0.5) is 0 Å². The lowest BCUT2D eigenvalue weighted by molar-refractivity contribution is -0.119. The first-order chi connectivity index (χ1) is 11.3. The number of nitrogens with two attached hydrogens (primary N) is 1. The van der Waals surface area contributed by atoms with Gasteiger partial charge in [0, 0.05) is 5.92 Å². The van der Waals surface area contributed by atoms with E-state index < -0.39 is 22.1 Å². The van der Waals surface area contributed by atoms with Gasteiger partial charge >= 0.3 is 0 Å². The highest BCUT2D eigenvalue weighted by molar-refractivity contribution is 7.86. The number of hydrogen-bond acceptors (Lipinski definition) is 4. The molecular formula is C18H29NO4S. The average molecular weight is 356 g/mol. The van der Waals surface area contributed by atoms with Crippen LogP contribution in [-0.4, -0.2) is 26.7 Å². The highest BCUT2D eigenvalue weighted by Crippen LogP contribution is 2.37. The second kappa shape index (κ2) is 9.79. The molecule has 24 heavy (non-hydrogen) atoms. The summed E-state index contributed by atoms with van der Waals surface area (Å²) in [6.07, 6.45) is 3.97. The molecule has 0 fully saturated rings. The lowest BCUT2D eigenvalue weighted by Gasteiger charge is -2.33. The Morgan fingerprint density at radius 2 is 1.67 bits per heavy atom. The third-order valence-corrected chi connectivity index (χ3v) is 4.71. The van der Waals surface area contributed by atoms with Gasteiger partial charge in [0.15, 0.2) is 0 Å². The molecule has 0 aromatic heterocycles. The van der Waals surface area contributed by atoms with E-state index in [9.17, 15) is 13.2 Å². The Labute approximate surface area is 145 Å². The number of rotatable bonds is 11. The lowest BCUT2D eigenvalue weighted by atomic mass is 9.76. The molecule has 1 rings (SSSR count). The van der Waals surface area contributed by atoms with Crippen molar-refractivity contribution in [2.45, 2.75) is 58.0 Å². The zero-order valence-electron chi connectivity index (χ0n) is 14.8. The minimum Gasteiger partial charge on any atom is -0.370 e. The molecule has 0 radical (unpaired) electrons. The maximum absolute atomic E-state index is 11.7. The number of benzene rings is 1. The second-order valence-electron chi connectivity index (χ2n) is 6.28. The van der Waals surface area contributed by atoms with E-state index in [4.69, 9.17) is 9.92 Å². The number of amides is 1. The minimum absolute atomic E-state index is 0.115.